The van der Waals surface area contributed by atoms with Crippen LogP contribution < -0.4 is 4.90 Å². The van der Waals surface area contributed by atoms with Gasteiger partial charge < -0.3 is 10.0 Å². The Kier molecular flexibility index (Phi) is 7.11. The number of rotatable bonds is 8. The normalized spacial score (nSPS) is 11.1. The van der Waals surface area contributed by atoms with E-state index in [0.717, 1.165) is 37.8 Å². The summed E-state index contributed by atoms with van der Waals surface area (Å²) in [5.74, 6) is 0. The van der Waals surface area contributed by atoms with E-state index in [9.17, 15) is 0 Å². The van der Waals surface area contributed by atoms with Gasteiger partial charge in [-0.2, -0.15) is 0 Å². The summed E-state index contributed by atoms with van der Waals surface area (Å²) < 4.78 is 0. The minimum atomic E-state index is 0.307. The smallest absolute Gasteiger partial charge is 0.0431 e. The molecular weight excluding hydrogens is 224 g/mol. The predicted octanol–water partition coefficient (Wildman–Crippen LogP) is 2.72. The van der Waals surface area contributed by atoms with E-state index in [2.05, 4.69) is 34.2 Å². The second-order valence-electron chi connectivity index (χ2n) is 4.66. The van der Waals surface area contributed by atoms with E-state index < -0.39 is 0 Å². The molecule has 0 aliphatic heterocycles. The maximum Gasteiger partial charge on any atom is 0.0431 e. The van der Waals surface area contributed by atoms with Gasteiger partial charge in [0.05, 0.1) is 0 Å². The highest BCUT2D eigenvalue weighted by Crippen LogP contribution is 2.11. The molecule has 0 amide bonds. The lowest BCUT2D eigenvalue weighted by Gasteiger charge is -2.11. The Labute approximate surface area is 110 Å². The Morgan fingerprint density at radius 2 is 1.72 bits per heavy atom. The first kappa shape index (κ1) is 14.7. The highest BCUT2D eigenvalue weighted by Gasteiger charge is 1.93. The van der Waals surface area contributed by atoms with Gasteiger partial charge in [-0.25, -0.2) is 0 Å². The Balaban J connectivity index is 2.25. The molecule has 1 N–H and O–H groups in total. The lowest BCUT2D eigenvalue weighted by Crippen LogP contribution is -2.08. The fourth-order valence-corrected chi connectivity index (χ4v) is 1.70. The van der Waals surface area contributed by atoms with Crippen molar-refractivity contribution >= 4 is 11.9 Å². The zero-order chi connectivity index (χ0) is 13.2. The molecule has 0 aliphatic rings. The van der Waals surface area contributed by atoms with Crippen LogP contribution in [-0.2, 0) is 0 Å². The van der Waals surface area contributed by atoms with Gasteiger partial charge in [0.25, 0.3) is 0 Å². The molecule has 0 saturated carbocycles. The fraction of sp³-hybridized carbons (Fsp3) is 0.533. The topological polar surface area (TPSA) is 35.8 Å². The molecule has 1 aromatic rings. The maximum absolute atomic E-state index is 8.65. The van der Waals surface area contributed by atoms with Gasteiger partial charge in [0.2, 0.25) is 0 Å². The average Bonchev–Trinajstić information content (AvgIpc) is 2.38. The molecule has 0 unspecified atom stereocenters. The van der Waals surface area contributed by atoms with E-state index in [4.69, 9.17) is 5.11 Å². The molecule has 3 heteroatoms. The van der Waals surface area contributed by atoms with Gasteiger partial charge in [-0.1, -0.05) is 25.0 Å². The van der Waals surface area contributed by atoms with E-state index >= 15 is 0 Å². The van der Waals surface area contributed by atoms with Crippen molar-refractivity contribution in [3.8, 4) is 0 Å². The molecule has 100 valence electrons. The second-order valence-corrected chi connectivity index (χ2v) is 4.66. The van der Waals surface area contributed by atoms with Crippen molar-refractivity contribution in [1.82, 2.24) is 0 Å². The highest BCUT2D eigenvalue weighted by atomic mass is 16.2. The largest absolute Gasteiger partial charge is 0.396 e. The van der Waals surface area contributed by atoms with Crippen LogP contribution >= 0.6 is 0 Å². The monoisotopic (exact) mass is 248 g/mol. The molecule has 0 aromatic heterocycles. The van der Waals surface area contributed by atoms with E-state index in [1.54, 1.807) is 0 Å². The van der Waals surface area contributed by atoms with Gasteiger partial charge in [0, 0.05) is 39.1 Å². The summed E-state index contributed by atoms with van der Waals surface area (Å²) in [5, 5.41) is 8.65. The number of benzene rings is 1. The summed E-state index contributed by atoms with van der Waals surface area (Å²) in [5.41, 5.74) is 2.35. The van der Waals surface area contributed by atoms with Crippen molar-refractivity contribution in [3.05, 3.63) is 29.8 Å². The van der Waals surface area contributed by atoms with Crippen LogP contribution in [0.1, 0.15) is 31.2 Å². The molecular formula is C15H24N2O. The van der Waals surface area contributed by atoms with Gasteiger partial charge in [-0.05, 0) is 30.5 Å². The number of aliphatic hydroxyl groups excluding tert-OH is 1. The molecule has 18 heavy (non-hydrogen) atoms. The van der Waals surface area contributed by atoms with E-state index in [1.165, 1.54) is 5.69 Å². The fourth-order valence-electron chi connectivity index (χ4n) is 1.70. The number of aliphatic imine (C=N–C) groups is 1. The Morgan fingerprint density at radius 1 is 1.06 bits per heavy atom. The zero-order valence-corrected chi connectivity index (χ0v) is 11.5. The molecule has 0 fully saturated rings. The van der Waals surface area contributed by atoms with Crippen LogP contribution in [-0.4, -0.2) is 38.6 Å². The van der Waals surface area contributed by atoms with E-state index in [0.29, 0.717) is 6.61 Å². The molecule has 0 radical (unpaired) electrons. The first-order valence-electron chi connectivity index (χ1n) is 6.62. The number of anilines is 1. The lowest BCUT2D eigenvalue weighted by atomic mass is 10.2. The van der Waals surface area contributed by atoms with Gasteiger partial charge in [-0.15, -0.1) is 0 Å². The van der Waals surface area contributed by atoms with Crippen molar-refractivity contribution in [2.75, 3.05) is 32.1 Å². The molecule has 0 aliphatic carbocycles. The summed E-state index contributed by atoms with van der Waals surface area (Å²) in [6.45, 7) is 1.18. The Hall–Kier alpha value is -1.35. The third kappa shape index (κ3) is 5.82. The molecule has 0 heterocycles. The molecule has 0 saturated heterocycles. The third-order valence-electron chi connectivity index (χ3n) is 2.85. The summed E-state index contributed by atoms with van der Waals surface area (Å²) in [7, 11) is 4.07. The van der Waals surface area contributed by atoms with Gasteiger partial charge in [0.1, 0.15) is 0 Å². The lowest BCUT2D eigenvalue weighted by molar-refractivity contribution is 0.282. The minimum absolute atomic E-state index is 0.307. The van der Waals surface area contributed by atoms with Crippen LogP contribution in [0.4, 0.5) is 5.69 Å². The van der Waals surface area contributed by atoms with Crippen LogP contribution in [0.2, 0.25) is 0 Å². The standard InChI is InChI=1S/C15H24N2O/c1-17(2)15-9-7-14(8-10-15)13-16-11-5-3-4-6-12-18/h7-10,13,18H,3-6,11-12H2,1-2H3. The summed E-state index contributed by atoms with van der Waals surface area (Å²) >= 11 is 0. The van der Waals surface area contributed by atoms with Crippen molar-refractivity contribution in [1.29, 1.82) is 0 Å². The minimum Gasteiger partial charge on any atom is -0.396 e. The van der Waals surface area contributed by atoms with Crippen molar-refractivity contribution < 1.29 is 5.11 Å². The molecule has 1 aromatic carbocycles. The SMILES string of the molecule is CN(C)c1ccc(C=NCCCCCCO)cc1. The summed E-state index contributed by atoms with van der Waals surface area (Å²) in [4.78, 5) is 6.50. The van der Waals surface area contributed by atoms with Gasteiger partial charge in [0.15, 0.2) is 0 Å². The zero-order valence-electron chi connectivity index (χ0n) is 11.5. The average molecular weight is 248 g/mol. The Bertz CT molecular complexity index is 344. The van der Waals surface area contributed by atoms with Gasteiger partial charge in [-0.3, -0.25) is 4.99 Å². The highest BCUT2D eigenvalue weighted by molar-refractivity contribution is 5.80. The summed E-state index contributed by atoms with van der Waals surface area (Å²) in [6.07, 6.45) is 6.20. The van der Waals surface area contributed by atoms with Crippen LogP contribution in [0.5, 0.6) is 0 Å². The Morgan fingerprint density at radius 3 is 2.33 bits per heavy atom. The quantitative estimate of drug-likeness (QED) is 0.567. The van der Waals surface area contributed by atoms with Crippen LogP contribution in [0, 0.1) is 0 Å². The second kappa shape index (κ2) is 8.70. The third-order valence-corrected chi connectivity index (χ3v) is 2.85. The molecule has 0 spiro atoms. The first-order chi connectivity index (χ1) is 8.74. The van der Waals surface area contributed by atoms with Crippen LogP contribution in [0.15, 0.2) is 29.3 Å². The van der Waals surface area contributed by atoms with Crippen LogP contribution in [0.25, 0.3) is 0 Å². The number of aliphatic hydroxyl groups is 1. The van der Waals surface area contributed by atoms with Crippen molar-refractivity contribution in [2.45, 2.75) is 25.7 Å². The van der Waals surface area contributed by atoms with Crippen LogP contribution in [0.3, 0.4) is 0 Å². The maximum atomic E-state index is 8.65. The van der Waals surface area contributed by atoms with Crippen molar-refractivity contribution in [2.24, 2.45) is 4.99 Å². The number of nitrogens with zero attached hydrogens (tertiary/aromatic N) is 2. The van der Waals surface area contributed by atoms with Gasteiger partial charge >= 0.3 is 0 Å². The van der Waals surface area contributed by atoms with E-state index in [1.807, 2.05) is 20.3 Å². The number of unbranched alkanes of at least 4 members (excludes halogenated alkanes) is 3. The van der Waals surface area contributed by atoms with E-state index in [-0.39, 0.29) is 0 Å². The number of hydrogen-bond acceptors (Lipinski definition) is 3. The molecule has 3 nitrogen and oxygen atoms in total. The molecule has 0 bridgehead atoms. The predicted molar refractivity (Wildman–Crippen MR) is 78.8 cm³/mol. The molecule has 0 atom stereocenters. The van der Waals surface area contributed by atoms with Crippen molar-refractivity contribution in [3.63, 3.8) is 0 Å². The number of hydrogen-bond donors (Lipinski definition) is 1. The summed E-state index contributed by atoms with van der Waals surface area (Å²) in [6, 6.07) is 8.38. The first-order valence-corrected chi connectivity index (χ1v) is 6.62. The molecule has 1 rings (SSSR count).